The molecule has 0 spiro atoms. The molecule has 0 bridgehead atoms. The van der Waals surface area contributed by atoms with Gasteiger partial charge in [-0.05, 0) is 42.4 Å². The summed E-state index contributed by atoms with van der Waals surface area (Å²) in [4.78, 5) is 13.7. The van der Waals surface area contributed by atoms with Crippen LogP contribution in [0.3, 0.4) is 0 Å². The van der Waals surface area contributed by atoms with E-state index in [-0.39, 0.29) is 0 Å². The van der Waals surface area contributed by atoms with Gasteiger partial charge in [-0.25, -0.2) is 15.0 Å². The summed E-state index contributed by atoms with van der Waals surface area (Å²) in [6, 6.07) is 0. The molecular formula is C12H13IN4S. The van der Waals surface area contributed by atoms with Crippen LogP contribution in [-0.4, -0.2) is 22.0 Å². The topological polar surface area (TPSA) is 50.7 Å². The lowest BCUT2D eigenvalue weighted by molar-refractivity contribution is 0.976. The second kappa shape index (κ2) is 4.73. The summed E-state index contributed by atoms with van der Waals surface area (Å²) in [5.74, 6) is 2.28. The van der Waals surface area contributed by atoms with Crippen molar-refractivity contribution in [1.29, 1.82) is 0 Å². The maximum absolute atomic E-state index is 4.72. The largest absolute Gasteiger partial charge is 0.372 e. The summed E-state index contributed by atoms with van der Waals surface area (Å²) < 4.78 is 1.15. The number of hydrogen-bond acceptors (Lipinski definition) is 5. The molecule has 1 fully saturated rings. The van der Waals surface area contributed by atoms with E-state index in [0.717, 1.165) is 25.9 Å². The molecule has 0 aliphatic heterocycles. The smallest absolute Gasteiger partial charge is 0.191 e. The molecule has 1 aliphatic carbocycles. The highest BCUT2D eigenvalue weighted by molar-refractivity contribution is 14.1. The van der Waals surface area contributed by atoms with E-state index < -0.39 is 0 Å². The van der Waals surface area contributed by atoms with Gasteiger partial charge in [-0.2, -0.15) is 0 Å². The first-order valence-electron chi connectivity index (χ1n) is 5.86. The Labute approximate surface area is 123 Å². The van der Waals surface area contributed by atoms with Crippen molar-refractivity contribution in [2.75, 3.05) is 12.4 Å². The summed E-state index contributed by atoms with van der Waals surface area (Å²) in [6.45, 7) is 1.99. The van der Waals surface area contributed by atoms with Crippen LogP contribution in [0.1, 0.15) is 30.1 Å². The molecule has 0 radical (unpaired) electrons. The zero-order valence-electron chi connectivity index (χ0n) is 10.2. The third-order valence-corrected chi connectivity index (χ3v) is 4.91. The van der Waals surface area contributed by atoms with Crippen LogP contribution in [0, 0.1) is 10.5 Å². The van der Waals surface area contributed by atoms with E-state index >= 15 is 0 Å². The molecule has 1 saturated carbocycles. The second-order valence-corrected chi connectivity index (χ2v) is 6.35. The Morgan fingerprint density at radius 1 is 1.33 bits per heavy atom. The average molecular weight is 372 g/mol. The first-order chi connectivity index (χ1) is 8.69. The molecule has 0 amide bonds. The van der Waals surface area contributed by atoms with Crippen LogP contribution >= 0.6 is 33.9 Å². The van der Waals surface area contributed by atoms with E-state index in [9.17, 15) is 0 Å². The van der Waals surface area contributed by atoms with Gasteiger partial charge >= 0.3 is 0 Å². The summed E-state index contributed by atoms with van der Waals surface area (Å²) in [5.41, 5.74) is 2.20. The van der Waals surface area contributed by atoms with E-state index in [2.05, 4.69) is 37.9 Å². The third-order valence-electron chi connectivity index (χ3n) is 2.89. The van der Waals surface area contributed by atoms with Crippen molar-refractivity contribution in [2.24, 2.45) is 0 Å². The molecule has 0 saturated heterocycles. The highest BCUT2D eigenvalue weighted by Gasteiger charge is 2.29. The van der Waals surface area contributed by atoms with Gasteiger partial charge in [0, 0.05) is 24.0 Å². The van der Waals surface area contributed by atoms with Gasteiger partial charge in [-0.1, -0.05) is 0 Å². The maximum atomic E-state index is 4.72. The number of nitrogens with one attached hydrogen (secondary N) is 1. The predicted octanol–water partition coefficient (Wildman–Crippen LogP) is 3.43. The third kappa shape index (κ3) is 2.23. The summed E-state index contributed by atoms with van der Waals surface area (Å²) in [7, 11) is 1.90. The lowest BCUT2D eigenvalue weighted by Gasteiger charge is -2.09. The standard InChI is InChI=1S/C12H13IN4S/c1-6-5-18-12(15-6)11-16-9(7-3-4-7)8(13)10(14-2)17-11/h5,7H,3-4H2,1-2H3,(H,14,16,17). The van der Waals surface area contributed by atoms with Crippen LogP contribution in [0.15, 0.2) is 5.38 Å². The van der Waals surface area contributed by atoms with Crippen LogP contribution in [0.4, 0.5) is 5.82 Å². The average Bonchev–Trinajstić information content (AvgIpc) is 3.12. The van der Waals surface area contributed by atoms with Gasteiger partial charge in [0.1, 0.15) is 5.82 Å². The molecule has 4 nitrogen and oxygen atoms in total. The number of nitrogens with zero attached hydrogens (tertiary/aromatic N) is 3. The molecule has 0 atom stereocenters. The van der Waals surface area contributed by atoms with Crippen molar-refractivity contribution < 1.29 is 0 Å². The molecule has 2 heterocycles. The highest BCUT2D eigenvalue weighted by atomic mass is 127. The number of thiazole rings is 1. The number of anilines is 1. The lowest BCUT2D eigenvalue weighted by atomic mass is 10.2. The zero-order valence-corrected chi connectivity index (χ0v) is 13.2. The molecule has 94 valence electrons. The normalized spacial score (nSPS) is 14.8. The van der Waals surface area contributed by atoms with Crippen LogP contribution in [0.5, 0.6) is 0 Å². The molecule has 3 rings (SSSR count). The minimum absolute atomic E-state index is 0.617. The van der Waals surface area contributed by atoms with Crippen molar-refractivity contribution in [3.63, 3.8) is 0 Å². The van der Waals surface area contributed by atoms with E-state index in [1.807, 2.05) is 19.4 Å². The van der Waals surface area contributed by atoms with Crippen molar-refractivity contribution in [2.45, 2.75) is 25.7 Å². The van der Waals surface area contributed by atoms with Crippen LogP contribution in [0.2, 0.25) is 0 Å². The fourth-order valence-corrected chi connectivity index (χ4v) is 3.49. The number of rotatable bonds is 3. The Balaban J connectivity index is 2.12. The molecule has 0 aromatic carbocycles. The van der Waals surface area contributed by atoms with Gasteiger partial charge in [0.05, 0.1) is 9.26 Å². The molecule has 0 unspecified atom stereocenters. The van der Waals surface area contributed by atoms with E-state index in [4.69, 9.17) is 4.98 Å². The Morgan fingerprint density at radius 3 is 2.67 bits per heavy atom. The summed E-state index contributed by atoms with van der Waals surface area (Å²) in [6.07, 6.45) is 2.49. The Hall–Kier alpha value is -0.760. The Bertz CT molecular complexity index is 592. The fourth-order valence-electron chi connectivity index (χ4n) is 1.81. The molecule has 2 aromatic rings. The second-order valence-electron chi connectivity index (χ2n) is 4.41. The first-order valence-corrected chi connectivity index (χ1v) is 7.82. The lowest BCUT2D eigenvalue weighted by Crippen LogP contribution is -2.04. The quantitative estimate of drug-likeness (QED) is 0.839. The molecule has 1 N–H and O–H groups in total. The van der Waals surface area contributed by atoms with Gasteiger partial charge in [-0.3, -0.25) is 0 Å². The van der Waals surface area contributed by atoms with Gasteiger partial charge in [0.2, 0.25) is 0 Å². The highest BCUT2D eigenvalue weighted by Crippen LogP contribution is 2.43. The summed E-state index contributed by atoms with van der Waals surface area (Å²) in [5, 5.41) is 6.09. The Kier molecular flexibility index (Phi) is 3.23. The molecule has 6 heteroatoms. The number of aromatic nitrogens is 3. The minimum atomic E-state index is 0.617. The van der Waals surface area contributed by atoms with Gasteiger partial charge < -0.3 is 5.32 Å². The van der Waals surface area contributed by atoms with Crippen molar-refractivity contribution >= 4 is 39.7 Å². The summed E-state index contributed by atoms with van der Waals surface area (Å²) >= 11 is 3.94. The monoisotopic (exact) mass is 372 g/mol. The molecule has 18 heavy (non-hydrogen) atoms. The van der Waals surface area contributed by atoms with Gasteiger partial charge in [0.25, 0.3) is 0 Å². The number of aryl methyl sites for hydroxylation is 1. The SMILES string of the molecule is CNc1nc(-c2nc(C)cs2)nc(C2CC2)c1I. The van der Waals surface area contributed by atoms with Crippen LogP contribution in [-0.2, 0) is 0 Å². The van der Waals surface area contributed by atoms with Crippen molar-refractivity contribution in [1.82, 2.24) is 15.0 Å². The van der Waals surface area contributed by atoms with E-state index in [0.29, 0.717) is 5.92 Å². The number of halogens is 1. The fraction of sp³-hybridized carbons (Fsp3) is 0.417. The predicted molar refractivity (Wildman–Crippen MR) is 82.1 cm³/mol. The minimum Gasteiger partial charge on any atom is -0.372 e. The van der Waals surface area contributed by atoms with Crippen LogP contribution in [0.25, 0.3) is 10.8 Å². The van der Waals surface area contributed by atoms with Crippen molar-refractivity contribution in [3.8, 4) is 10.8 Å². The van der Waals surface area contributed by atoms with E-state index in [1.54, 1.807) is 11.3 Å². The number of hydrogen-bond donors (Lipinski definition) is 1. The van der Waals surface area contributed by atoms with Gasteiger partial charge in [0.15, 0.2) is 10.8 Å². The molecular weight excluding hydrogens is 359 g/mol. The molecule has 2 aromatic heterocycles. The molecule has 1 aliphatic rings. The van der Waals surface area contributed by atoms with Gasteiger partial charge in [-0.15, -0.1) is 11.3 Å². The van der Waals surface area contributed by atoms with Crippen molar-refractivity contribution in [3.05, 3.63) is 20.3 Å². The van der Waals surface area contributed by atoms with Crippen LogP contribution < -0.4 is 5.32 Å². The zero-order chi connectivity index (χ0) is 12.7. The maximum Gasteiger partial charge on any atom is 0.191 e. The first kappa shape index (κ1) is 12.3. The van der Waals surface area contributed by atoms with E-state index in [1.165, 1.54) is 18.5 Å². The Morgan fingerprint density at radius 2 is 2.11 bits per heavy atom.